The summed E-state index contributed by atoms with van der Waals surface area (Å²) in [7, 11) is 0. The van der Waals surface area contributed by atoms with Gasteiger partial charge in [-0.05, 0) is 12.8 Å². The zero-order chi connectivity index (χ0) is 10.7. The van der Waals surface area contributed by atoms with Gasteiger partial charge in [0.15, 0.2) is 11.3 Å². The Bertz CT molecular complexity index is 229. The molecular weight excluding hydrogens is 208 g/mol. The number of carbonyl (C=O) groups excluding carboxylic acids is 1. The van der Waals surface area contributed by atoms with Gasteiger partial charge in [0.25, 0.3) is 0 Å². The van der Waals surface area contributed by atoms with Gasteiger partial charge in [0.2, 0.25) is 0 Å². The Morgan fingerprint density at radius 2 is 2.07 bits per heavy atom. The van der Waals surface area contributed by atoms with E-state index >= 15 is 0 Å². The van der Waals surface area contributed by atoms with Gasteiger partial charge in [-0.1, -0.05) is 31.0 Å². The first-order valence-corrected chi connectivity index (χ1v) is 7.07. The highest BCUT2D eigenvalue weighted by Gasteiger charge is 2.30. The number of quaternary nitrogens is 1. The first-order valence-electron chi connectivity index (χ1n) is 6.02. The molecule has 0 amide bonds. The molecule has 3 nitrogen and oxygen atoms in total. The summed E-state index contributed by atoms with van der Waals surface area (Å²) in [5.74, 6) is 1.92. The molecule has 0 aromatic carbocycles. The van der Waals surface area contributed by atoms with Crippen LogP contribution in [0.1, 0.15) is 32.1 Å². The number of nitrogens with two attached hydrogens (primary N) is 1. The van der Waals surface area contributed by atoms with Gasteiger partial charge in [0, 0.05) is 11.7 Å². The molecule has 2 atom stereocenters. The van der Waals surface area contributed by atoms with Gasteiger partial charge in [-0.25, -0.2) is 0 Å². The fourth-order valence-electron chi connectivity index (χ4n) is 2.56. The topological polar surface area (TPSA) is 47.5 Å². The third kappa shape index (κ3) is 2.95. The molecule has 0 aromatic heterocycles. The van der Waals surface area contributed by atoms with E-state index in [4.69, 9.17) is 5.73 Å². The first-order chi connectivity index (χ1) is 7.27. The average Bonchev–Trinajstić information content (AvgIpc) is 2.66. The van der Waals surface area contributed by atoms with E-state index in [1.165, 1.54) is 24.2 Å². The van der Waals surface area contributed by atoms with Crippen molar-refractivity contribution in [2.24, 2.45) is 11.7 Å². The van der Waals surface area contributed by atoms with Crippen LogP contribution in [0, 0.1) is 5.92 Å². The van der Waals surface area contributed by atoms with Crippen LogP contribution in [0.5, 0.6) is 0 Å². The number of ketones is 1. The SMILES string of the molecule is NC1SCC[NH+]1CC(=O)C1CCCCC1. The number of rotatable bonds is 3. The lowest BCUT2D eigenvalue weighted by Crippen LogP contribution is -3.16. The Hall–Kier alpha value is -0.0600. The smallest absolute Gasteiger partial charge is 0.189 e. The Balaban J connectivity index is 1.80. The molecule has 1 heterocycles. The molecule has 15 heavy (non-hydrogen) atoms. The van der Waals surface area contributed by atoms with E-state index in [0.29, 0.717) is 18.2 Å². The zero-order valence-corrected chi connectivity index (χ0v) is 10.0. The summed E-state index contributed by atoms with van der Waals surface area (Å²) in [6.07, 6.45) is 6.04. The maximum Gasteiger partial charge on any atom is 0.189 e. The fraction of sp³-hybridized carbons (Fsp3) is 0.909. The summed E-state index contributed by atoms with van der Waals surface area (Å²) in [4.78, 5) is 13.3. The standard InChI is InChI=1S/C11H20N2OS/c12-11-13(6-7-15-11)8-10(14)9-4-2-1-3-5-9/h9,11H,1-8,12H2/p+1. The summed E-state index contributed by atoms with van der Waals surface area (Å²) >= 11 is 1.78. The minimum atomic E-state index is 0.137. The van der Waals surface area contributed by atoms with Crippen molar-refractivity contribution < 1.29 is 9.69 Å². The van der Waals surface area contributed by atoms with Crippen LogP contribution in [0.2, 0.25) is 0 Å². The Morgan fingerprint density at radius 3 is 2.67 bits per heavy atom. The van der Waals surface area contributed by atoms with Gasteiger partial charge < -0.3 is 4.90 Å². The summed E-state index contributed by atoms with van der Waals surface area (Å²) in [6.45, 7) is 1.73. The average molecular weight is 229 g/mol. The fourth-order valence-corrected chi connectivity index (χ4v) is 3.63. The minimum absolute atomic E-state index is 0.137. The molecule has 0 bridgehead atoms. The quantitative estimate of drug-likeness (QED) is 0.717. The normalized spacial score (nSPS) is 33.1. The van der Waals surface area contributed by atoms with Crippen molar-refractivity contribution in [1.29, 1.82) is 0 Å². The molecule has 86 valence electrons. The summed E-state index contributed by atoms with van der Waals surface area (Å²) in [5, 5.41) is 0. The molecular formula is C11H21N2OS+. The van der Waals surface area contributed by atoms with Crippen molar-refractivity contribution in [2.45, 2.75) is 37.6 Å². The first kappa shape index (κ1) is 11.4. The highest BCUT2D eigenvalue weighted by atomic mass is 32.2. The molecule has 4 heteroatoms. The third-order valence-electron chi connectivity index (χ3n) is 3.58. The molecule has 2 unspecified atom stereocenters. The van der Waals surface area contributed by atoms with E-state index in [1.54, 1.807) is 11.8 Å². The number of Topliss-reactive ketones (excluding diaryl/α,β-unsaturated/α-hetero) is 1. The minimum Gasteiger partial charge on any atom is -0.305 e. The molecule has 0 spiro atoms. The Kier molecular flexibility index (Phi) is 4.05. The van der Waals surface area contributed by atoms with Crippen LogP contribution in [0.3, 0.4) is 0 Å². The lowest BCUT2D eigenvalue weighted by Gasteiger charge is -2.23. The monoisotopic (exact) mass is 229 g/mol. The number of hydrogen-bond donors (Lipinski definition) is 2. The third-order valence-corrected chi connectivity index (χ3v) is 4.72. The van der Waals surface area contributed by atoms with E-state index < -0.39 is 0 Å². The molecule has 1 aliphatic heterocycles. The van der Waals surface area contributed by atoms with Crippen LogP contribution < -0.4 is 10.6 Å². The predicted octanol–water partition coefficient (Wildman–Crippen LogP) is 0.00980. The maximum atomic E-state index is 12.0. The van der Waals surface area contributed by atoms with Crippen LogP contribution in [-0.2, 0) is 4.79 Å². The van der Waals surface area contributed by atoms with Gasteiger partial charge in [-0.15, -0.1) is 0 Å². The second-order valence-electron chi connectivity index (χ2n) is 4.68. The van der Waals surface area contributed by atoms with Crippen LogP contribution in [-0.4, -0.2) is 30.1 Å². The van der Waals surface area contributed by atoms with E-state index in [0.717, 1.165) is 25.1 Å². The zero-order valence-electron chi connectivity index (χ0n) is 9.21. The summed E-state index contributed by atoms with van der Waals surface area (Å²) in [5.41, 5.74) is 6.07. The molecule has 0 aromatic rings. The Morgan fingerprint density at radius 1 is 1.33 bits per heavy atom. The van der Waals surface area contributed by atoms with E-state index in [-0.39, 0.29) is 5.50 Å². The highest BCUT2D eigenvalue weighted by molar-refractivity contribution is 7.99. The molecule has 1 saturated carbocycles. The van der Waals surface area contributed by atoms with E-state index in [2.05, 4.69) is 0 Å². The molecule has 2 fully saturated rings. The van der Waals surface area contributed by atoms with Crippen molar-refractivity contribution in [3.63, 3.8) is 0 Å². The van der Waals surface area contributed by atoms with Crippen LogP contribution in [0.25, 0.3) is 0 Å². The molecule has 3 N–H and O–H groups in total. The number of thioether (sulfide) groups is 1. The van der Waals surface area contributed by atoms with Gasteiger partial charge in [-0.2, -0.15) is 0 Å². The largest absolute Gasteiger partial charge is 0.305 e. The molecule has 1 saturated heterocycles. The van der Waals surface area contributed by atoms with Gasteiger partial charge in [-0.3, -0.25) is 10.5 Å². The lowest BCUT2D eigenvalue weighted by molar-refractivity contribution is -0.894. The van der Waals surface area contributed by atoms with Crippen LogP contribution in [0.15, 0.2) is 0 Å². The molecule has 0 radical (unpaired) electrons. The summed E-state index contributed by atoms with van der Waals surface area (Å²) < 4.78 is 0. The number of carbonyl (C=O) groups is 1. The molecule has 2 aliphatic rings. The summed E-state index contributed by atoms with van der Waals surface area (Å²) in [6, 6.07) is 0. The Labute approximate surface area is 95.8 Å². The second kappa shape index (κ2) is 5.32. The van der Waals surface area contributed by atoms with E-state index in [1.807, 2.05) is 0 Å². The van der Waals surface area contributed by atoms with Crippen molar-refractivity contribution >= 4 is 17.5 Å². The maximum absolute atomic E-state index is 12.0. The second-order valence-corrected chi connectivity index (χ2v) is 5.93. The lowest BCUT2D eigenvalue weighted by atomic mass is 9.86. The van der Waals surface area contributed by atoms with Gasteiger partial charge in [0.1, 0.15) is 6.54 Å². The number of nitrogens with one attached hydrogen (secondary N) is 1. The van der Waals surface area contributed by atoms with E-state index in [9.17, 15) is 4.79 Å². The molecule has 2 rings (SSSR count). The molecule has 1 aliphatic carbocycles. The van der Waals surface area contributed by atoms with Crippen molar-refractivity contribution in [3.05, 3.63) is 0 Å². The van der Waals surface area contributed by atoms with Gasteiger partial charge >= 0.3 is 0 Å². The van der Waals surface area contributed by atoms with Crippen LogP contribution >= 0.6 is 11.8 Å². The van der Waals surface area contributed by atoms with Crippen LogP contribution in [0.4, 0.5) is 0 Å². The predicted molar refractivity (Wildman–Crippen MR) is 62.7 cm³/mol. The van der Waals surface area contributed by atoms with Gasteiger partial charge in [0.05, 0.1) is 6.54 Å². The van der Waals surface area contributed by atoms with Crippen molar-refractivity contribution in [2.75, 3.05) is 18.8 Å². The number of hydrogen-bond acceptors (Lipinski definition) is 3. The van der Waals surface area contributed by atoms with Crippen molar-refractivity contribution in [1.82, 2.24) is 0 Å². The highest BCUT2D eigenvalue weighted by Crippen LogP contribution is 2.23. The van der Waals surface area contributed by atoms with Crippen molar-refractivity contribution in [3.8, 4) is 0 Å².